The Balaban J connectivity index is 1.42. The van der Waals surface area contributed by atoms with Crippen molar-refractivity contribution in [3.05, 3.63) is 54.0 Å². The minimum absolute atomic E-state index is 0.102. The quantitative estimate of drug-likeness (QED) is 0.893. The molecule has 2 heterocycles. The van der Waals surface area contributed by atoms with Gasteiger partial charge in [-0.25, -0.2) is 9.37 Å². The Morgan fingerprint density at radius 1 is 1.15 bits per heavy atom. The molecular weight excluding hydrogens is 333 g/mol. The number of nitriles is 1. The number of anilines is 2. The molecule has 0 saturated carbocycles. The molecule has 7 heteroatoms. The summed E-state index contributed by atoms with van der Waals surface area (Å²) in [6.07, 6.45) is 1.89. The number of halogens is 1. The molecule has 0 unspecified atom stereocenters. The number of rotatable bonds is 5. The molecule has 3 rings (SSSR count). The molecule has 1 aliphatic rings. The number of hydrogen-bond donors (Lipinski definition) is 1. The maximum Gasteiger partial charge on any atom is 0.224 e. The monoisotopic (exact) mass is 353 g/mol. The third kappa shape index (κ3) is 4.48. The average molecular weight is 353 g/mol. The minimum atomic E-state index is -0.244. The number of carbonyl (C=O) groups excluding carboxylic acids is 1. The van der Waals surface area contributed by atoms with Crippen LogP contribution in [-0.4, -0.2) is 48.5 Å². The van der Waals surface area contributed by atoms with E-state index in [1.54, 1.807) is 24.3 Å². The van der Waals surface area contributed by atoms with Gasteiger partial charge in [-0.2, -0.15) is 5.26 Å². The lowest BCUT2D eigenvalue weighted by molar-refractivity contribution is -0.131. The molecule has 1 saturated heterocycles. The molecule has 1 aromatic carbocycles. The van der Waals surface area contributed by atoms with Gasteiger partial charge in [0, 0.05) is 51.0 Å². The van der Waals surface area contributed by atoms with Crippen molar-refractivity contribution in [2.24, 2.45) is 0 Å². The zero-order chi connectivity index (χ0) is 18.4. The van der Waals surface area contributed by atoms with Crippen LogP contribution in [0.25, 0.3) is 0 Å². The zero-order valence-corrected chi connectivity index (χ0v) is 14.4. The summed E-state index contributed by atoms with van der Waals surface area (Å²) in [5.74, 6) is 0.509. The Bertz CT molecular complexity index is 777. The van der Waals surface area contributed by atoms with Gasteiger partial charge in [0.15, 0.2) is 0 Å². The highest BCUT2D eigenvalue weighted by atomic mass is 19.1. The summed E-state index contributed by atoms with van der Waals surface area (Å²) in [7, 11) is 0. The number of benzene rings is 1. The van der Waals surface area contributed by atoms with Crippen molar-refractivity contribution in [1.29, 1.82) is 5.26 Å². The number of carbonyl (C=O) groups is 1. The van der Waals surface area contributed by atoms with E-state index in [0.29, 0.717) is 37.4 Å². The molecule has 0 atom stereocenters. The average Bonchev–Trinajstić information content (AvgIpc) is 2.69. The minimum Gasteiger partial charge on any atom is -0.370 e. The van der Waals surface area contributed by atoms with E-state index in [-0.39, 0.29) is 11.7 Å². The summed E-state index contributed by atoms with van der Waals surface area (Å²) in [5.41, 5.74) is 1.48. The van der Waals surface area contributed by atoms with Gasteiger partial charge in [0.2, 0.25) is 5.91 Å². The maximum atomic E-state index is 13.0. The van der Waals surface area contributed by atoms with Crippen LogP contribution in [0.1, 0.15) is 12.0 Å². The van der Waals surface area contributed by atoms with Crippen molar-refractivity contribution in [2.45, 2.75) is 6.42 Å². The second-order valence-electron chi connectivity index (χ2n) is 6.06. The first-order valence-electron chi connectivity index (χ1n) is 8.54. The van der Waals surface area contributed by atoms with Crippen LogP contribution in [0.4, 0.5) is 15.9 Å². The number of pyridine rings is 1. The van der Waals surface area contributed by atoms with Crippen molar-refractivity contribution in [1.82, 2.24) is 9.88 Å². The topological polar surface area (TPSA) is 72.3 Å². The van der Waals surface area contributed by atoms with Gasteiger partial charge in [0.25, 0.3) is 0 Å². The fraction of sp³-hybridized carbons (Fsp3) is 0.316. The highest BCUT2D eigenvalue weighted by molar-refractivity contribution is 5.77. The smallest absolute Gasteiger partial charge is 0.224 e. The first kappa shape index (κ1) is 17.7. The Labute approximate surface area is 151 Å². The van der Waals surface area contributed by atoms with Crippen LogP contribution in [0.2, 0.25) is 0 Å². The fourth-order valence-electron chi connectivity index (χ4n) is 2.89. The zero-order valence-electron chi connectivity index (χ0n) is 14.4. The highest BCUT2D eigenvalue weighted by Crippen LogP contribution is 2.17. The lowest BCUT2D eigenvalue weighted by atomic mass is 10.2. The number of piperazine rings is 1. The van der Waals surface area contributed by atoms with E-state index in [0.717, 1.165) is 18.8 Å². The number of nitrogens with zero attached hydrogens (tertiary/aromatic N) is 4. The van der Waals surface area contributed by atoms with Crippen molar-refractivity contribution in [3.63, 3.8) is 0 Å². The van der Waals surface area contributed by atoms with Gasteiger partial charge in [-0.3, -0.25) is 4.79 Å². The van der Waals surface area contributed by atoms with Crippen molar-refractivity contribution in [2.75, 3.05) is 42.9 Å². The van der Waals surface area contributed by atoms with Crippen LogP contribution in [0, 0.1) is 17.1 Å². The Hall–Kier alpha value is -3.14. The first-order valence-corrected chi connectivity index (χ1v) is 8.54. The second kappa shape index (κ2) is 8.30. The van der Waals surface area contributed by atoms with Gasteiger partial charge in [-0.1, -0.05) is 0 Å². The molecular formula is C19H20FN5O. The van der Waals surface area contributed by atoms with E-state index in [2.05, 4.69) is 15.2 Å². The summed E-state index contributed by atoms with van der Waals surface area (Å²) in [6, 6.07) is 11.9. The summed E-state index contributed by atoms with van der Waals surface area (Å²) in [4.78, 5) is 20.5. The van der Waals surface area contributed by atoms with E-state index in [1.165, 1.54) is 18.3 Å². The molecule has 1 N–H and O–H groups in total. The molecule has 1 aromatic heterocycles. The van der Waals surface area contributed by atoms with Gasteiger partial charge in [0.05, 0.1) is 5.56 Å². The van der Waals surface area contributed by atoms with E-state index in [4.69, 9.17) is 5.26 Å². The number of amides is 1. The van der Waals surface area contributed by atoms with Crippen LogP contribution in [0.5, 0.6) is 0 Å². The van der Waals surface area contributed by atoms with Crippen molar-refractivity contribution < 1.29 is 9.18 Å². The third-order valence-electron chi connectivity index (χ3n) is 4.36. The van der Waals surface area contributed by atoms with Crippen LogP contribution in [0.3, 0.4) is 0 Å². The number of nitrogens with one attached hydrogen (secondary N) is 1. The molecule has 134 valence electrons. The van der Waals surface area contributed by atoms with Crippen LogP contribution in [-0.2, 0) is 4.79 Å². The molecule has 0 radical (unpaired) electrons. The SMILES string of the molecule is N#Cc1ccc(NCCC(=O)N2CCN(c3ccc(F)cc3)CC2)nc1. The van der Waals surface area contributed by atoms with Crippen molar-refractivity contribution in [3.8, 4) is 6.07 Å². The predicted octanol–water partition coefficient (Wildman–Crippen LogP) is 2.24. The Morgan fingerprint density at radius 3 is 2.50 bits per heavy atom. The number of aromatic nitrogens is 1. The van der Waals surface area contributed by atoms with E-state index in [1.807, 2.05) is 11.0 Å². The molecule has 2 aromatic rings. The number of hydrogen-bond acceptors (Lipinski definition) is 5. The second-order valence-corrected chi connectivity index (χ2v) is 6.06. The van der Waals surface area contributed by atoms with Gasteiger partial charge in [-0.05, 0) is 36.4 Å². The molecule has 0 aliphatic carbocycles. The Kier molecular flexibility index (Phi) is 5.64. The Morgan fingerprint density at radius 2 is 1.88 bits per heavy atom. The summed E-state index contributed by atoms with van der Waals surface area (Å²) >= 11 is 0. The predicted molar refractivity (Wildman–Crippen MR) is 97.3 cm³/mol. The third-order valence-corrected chi connectivity index (χ3v) is 4.36. The molecule has 1 aliphatic heterocycles. The summed E-state index contributed by atoms with van der Waals surface area (Å²) in [5, 5.41) is 11.8. The van der Waals surface area contributed by atoms with E-state index in [9.17, 15) is 9.18 Å². The van der Waals surface area contributed by atoms with E-state index >= 15 is 0 Å². The van der Waals surface area contributed by atoms with Gasteiger partial charge in [-0.15, -0.1) is 0 Å². The maximum absolute atomic E-state index is 13.0. The summed E-state index contributed by atoms with van der Waals surface area (Å²) in [6.45, 7) is 3.29. The largest absolute Gasteiger partial charge is 0.370 e. The fourth-order valence-corrected chi connectivity index (χ4v) is 2.89. The van der Waals surface area contributed by atoms with Crippen molar-refractivity contribution >= 4 is 17.4 Å². The molecule has 0 spiro atoms. The standard InChI is InChI=1S/C19H20FN5O/c20-16-2-4-17(5-3-16)24-9-11-25(12-10-24)19(26)7-8-22-18-6-1-15(13-21)14-23-18/h1-6,14H,7-12H2,(H,22,23). The lowest BCUT2D eigenvalue weighted by Crippen LogP contribution is -2.49. The normalized spacial score (nSPS) is 14.0. The van der Waals surface area contributed by atoms with E-state index < -0.39 is 0 Å². The molecule has 0 bridgehead atoms. The van der Waals surface area contributed by atoms with Crippen LogP contribution in [0.15, 0.2) is 42.6 Å². The van der Waals surface area contributed by atoms with Crippen LogP contribution < -0.4 is 10.2 Å². The lowest BCUT2D eigenvalue weighted by Gasteiger charge is -2.36. The van der Waals surface area contributed by atoms with Gasteiger partial charge in [0.1, 0.15) is 17.7 Å². The molecule has 6 nitrogen and oxygen atoms in total. The summed E-state index contributed by atoms with van der Waals surface area (Å²) < 4.78 is 13.0. The van der Waals surface area contributed by atoms with Crippen LogP contribution >= 0.6 is 0 Å². The van der Waals surface area contributed by atoms with Gasteiger partial charge < -0.3 is 15.1 Å². The molecule has 26 heavy (non-hydrogen) atoms. The molecule has 1 fully saturated rings. The molecule has 1 amide bonds. The van der Waals surface area contributed by atoms with Gasteiger partial charge >= 0.3 is 0 Å². The first-order chi connectivity index (χ1) is 12.7. The highest BCUT2D eigenvalue weighted by Gasteiger charge is 2.20.